The van der Waals surface area contributed by atoms with E-state index in [1.54, 1.807) is 12.1 Å². The summed E-state index contributed by atoms with van der Waals surface area (Å²) in [4.78, 5) is 36.6. The largest absolute Gasteiger partial charge is 0.368 e. The lowest BCUT2D eigenvalue weighted by molar-refractivity contribution is -0.139. The number of primary amides is 1. The molecule has 4 N–H and O–H groups in total. The molecule has 0 bridgehead atoms. The van der Waals surface area contributed by atoms with Crippen molar-refractivity contribution in [2.75, 3.05) is 30.3 Å². The lowest BCUT2D eigenvalue weighted by atomic mass is 10.0. The third-order valence-electron chi connectivity index (χ3n) is 5.25. The molecular weight excluding hydrogens is 375 g/mol. The second-order valence-electron chi connectivity index (χ2n) is 7.16. The van der Waals surface area contributed by atoms with Crippen LogP contribution in [0.2, 0.25) is 0 Å². The highest BCUT2D eigenvalue weighted by molar-refractivity contribution is 5.87. The highest BCUT2D eigenvalue weighted by Crippen LogP contribution is 2.21. The molecular formula is C20H25FN6O2. The van der Waals surface area contributed by atoms with Crippen LogP contribution in [0.3, 0.4) is 0 Å². The zero-order valence-electron chi connectivity index (χ0n) is 16.6. The molecule has 0 saturated carbocycles. The van der Waals surface area contributed by atoms with E-state index in [4.69, 9.17) is 11.5 Å². The lowest BCUT2D eigenvalue weighted by Gasteiger charge is -2.41. The Kier molecular flexibility index (Phi) is 5.95. The molecule has 1 atom stereocenters. The lowest BCUT2D eigenvalue weighted by Crippen LogP contribution is -2.60. The number of anilines is 2. The molecule has 1 aliphatic rings. The van der Waals surface area contributed by atoms with Gasteiger partial charge in [-0.1, -0.05) is 0 Å². The van der Waals surface area contributed by atoms with Crippen molar-refractivity contribution in [1.29, 1.82) is 0 Å². The minimum Gasteiger partial charge on any atom is -0.368 e. The average Bonchev–Trinajstić information content (AvgIpc) is 2.67. The third-order valence-corrected chi connectivity index (χ3v) is 5.25. The van der Waals surface area contributed by atoms with Gasteiger partial charge in [0, 0.05) is 43.1 Å². The maximum absolute atomic E-state index is 13.2. The number of piperazine rings is 1. The number of halogens is 1. The summed E-state index contributed by atoms with van der Waals surface area (Å²) < 4.78 is 13.2. The van der Waals surface area contributed by atoms with Crippen LogP contribution >= 0.6 is 0 Å². The van der Waals surface area contributed by atoms with Crippen LogP contribution < -0.4 is 16.4 Å². The normalized spacial score (nSPS) is 16.7. The van der Waals surface area contributed by atoms with E-state index in [9.17, 15) is 14.0 Å². The average molecular weight is 400 g/mol. The Balaban J connectivity index is 1.69. The third kappa shape index (κ3) is 4.61. The van der Waals surface area contributed by atoms with E-state index in [2.05, 4.69) is 9.97 Å². The van der Waals surface area contributed by atoms with Gasteiger partial charge in [0.2, 0.25) is 17.8 Å². The summed E-state index contributed by atoms with van der Waals surface area (Å²) >= 11 is 0. The van der Waals surface area contributed by atoms with E-state index >= 15 is 0 Å². The van der Waals surface area contributed by atoms with Crippen molar-refractivity contribution >= 4 is 23.5 Å². The maximum Gasteiger partial charge on any atom is 0.242 e. The Morgan fingerprint density at radius 3 is 2.34 bits per heavy atom. The number of hydrogen-bond donors (Lipinski definition) is 2. The fourth-order valence-electron chi connectivity index (χ4n) is 3.71. The fraction of sp³-hybridized carbons (Fsp3) is 0.400. The van der Waals surface area contributed by atoms with E-state index in [1.165, 1.54) is 17.0 Å². The zero-order valence-corrected chi connectivity index (χ0v) is 16.6. The first kappa shape index (κ1) is 20.5. The molecule has 1 aliphatic heterocycles. The van der Waals surface area contributed by atoms with Crippen molar-refractivity contribution in [3.05, 3.63) is 47.0 Å². The Hall–Kier alpha value is -3.23. The summed E-state index contributed by atoms with van der Waals surface area (Å²) in [6.07, 6.45) is 0.676. The highest BCUT2D eigenvalue weighted by Gasteiger charge is 2.34. The fourth-order valence-corrected chi connectivity index (χ4v) is 3.71. The number of benzene rings is 1. The van der Waals surface area contributed by atoms with Crippen LogP contribution in [-0.4, -0.2) is 52.4 Å². The predicted molar refractivity (Wildman–Crippen MR) is 108 cm³/mol. The minimum absolute atomic E-state index is 0.150. The van der Waals surface area contributed by atoms with Crippen molar-refractivity contribution in [3.8, 4) is 0 Å². The summed E-state index contributed by atoms with van der Waals surface area (Å²) in [5.74, 6) is -0.830. The molecule has 29 heavy (non-hydrogen) atoms. The van der Waals surface area contributed by atoms with Crippen molar-refractivity contribution in [1.82, 2.24) is 14.9 Å². The van der Waals surface area contributed by atoms with Gasteiger partial charge in [-0.3, -0.25) is 9.59 Å². The number of amides is 2. The Morgan fingerprint density at radius 2 is 1.76 bits per heavy atom. The number of hydrogen-bond acceptors (Lipinski definition) is 6. The molecule has 0 spiro atoms. The van der Waals surface area contributed by atoms with Crippen molar-refractivity contribution in [2.24, 2.45) is 5.73 Å². The number of nitrogen functional groups attached to an aromatic ring is 1. The SMILES string of the molecule is Cc1nc(N)nc(C)c1CCC(=O)N1CCN(c2ccc(F)cc2)CC1C(N)=O. The number of nitrogens with two attached hydrogens (primary N) is 2. The minimum atomic E-state index is -0.744. The van der Waals surface area contributed by atoms with Gasteiger partial charge in [-0.25, -0.2) is 14.4 Å². The molecule has 154 valence electrons. The molecule has 8 nitrogen and oxygen atoms in total. The van der Waals surface area contributed by atoms with Crippen LogP contribution in [-0.2, 0) is 16.0 Å². The summed E-state index contributed by atoms with van der Waals surface area (Å²) in [5, 5.41) is 0. The second-order valence-corrected chi connectivity index (χ2v) is 7.16. The summed E-state index contributed by atoms with van der Waals surface area (Å²) in [6, 6.07) is 5.29. The monoisotopic (exact) mass is 400 g/mol. The maximum atomic E-state index is 13.2. The van der Waals surface area contributed by atoms with Crippen LogP contribution in [0.1, 0.15) is 23.4 Å². The van der Waals surface area contributed by atoms with Gasteiger partial charge < -0.3 is 21.3 Å². The standard InChI is InChI=1S/C20H25FN6O2/c1-12-16(13(2)25-20(23)24-12)7-8-18(28)27-10-9-26(11-17(27)19(22)29)15-5-3-14(21)4-6-15/h3-6,17H,7-11H2,1-2H3,(H2,22,29)(H2,23,24,25). The number of carbonyl (C=O) groups excluding carboxylic acids is 2. The van der Waals surface area contributed by atoms with Crippen molar-refractivity contribution in [2.45, 2.75) is 32.7 Å². The Bertz CT molecular complexity index is 895. The number of aromatic nitrogens is 2. The quantitative estimate of drug-likeness (QED) is 0.771. The van der Waals surface area contributed by atoms with E-state index in [0.717, 1.165) is 22.6 Å². The summed E-state index contributed by atoms with van der Waals surface area (Å²) in [5.41, 5.74) is 14.4. The van der Waals surface area contributed by atoms with Crippen LogP contribution in [0, 0.1) is 19.7 Å². The molecule has 0 aliphatic carbocycles. The van der Waals surface area contributed by atoms with Crippen LogP contribution in [0.4, 0.5) is 16.0 Å². The molecule has 3 rings (SSSR count). The molecule has 2 heterocycles. The Morgan fingerprint density at radius 1 is 1.14 bits per heavy atom. The predicted octanol–water partition coefficient (Wildman–Crippen LogP) is 0.950. The number of aryl methyl sites for hydroxylation is 2. The van der Waals surface area contributed by atoms with Crippen molar-refractivity contribution < 1.29 is 14.0 Å². The number of nitrogens with zero attached hydrogens (tertiary/aromatic N) is 4. The van der Waals surface area contributed by atoms with E-state index in [0.29, 0.717) is 19.5 Å². The van der Waals surface area contributed by atoms with E-state index < -0.39 is 11.9 Å². The van der Waals surface area contributed by atoms with Gasteiger partial charge in [0.15, 0.2) is 0 Å². The molecule has 1 aromatic heterocycles. The van der Waals surface area contributed by atoms with E-state index in [-0.39, 0.29) is 30.6 Å². The number of rotatable bonds is 5. The van der Waals surface area contributed by atoms with Gasteiger partial charge in [0.1, 0.15) is 11.9 Å². The van der Waals surface area contributed by atoms with E-state index in [1.807, 2.05) is 18.7 Å². The molecule has 1 aromatic carbocycles. The Labute approximate surface area is 168 Å². The smallest absolute Gasteiger partial charge is 0.242 e. The molecule has 2 aromatic rings. The molecule has 1 fully saturated rings. The first-order valence-electron chi connectivity index (χ1n) is 9.45. The summed E-state index contributed by atoms with van der Waals surface area (Å²) in [7, 11) is 0. The van der Waals surface area contributed by atoms with Gasteiger partial charge in [-0.15, -0.1) is 0 Å². The molecule has 2 amide bonds. The second kappa shape index (κ2) is 8.42. The molecule has 9 heteroatoms. The topological polar surface area (TPSA) is 118 Å². The van der Waals surface area contributed by atoms with Gasteiger partial charge in [-0.05, 0) is 50.1 Å². The van der Waals surface area contributed by atoms with Gasteiger partial charge in [0.25, 0.3) is 0 Å². The summed E-state index contributed by atoms with van der Waals surface area (Å²) in [6.45, 7) is 4.83. The molecule has 0 radical (unpaired) electrons. The zero-order chi connectivity index (χ0) is 21.1. The number of carbonyl (C=O) groups is 2. The van der Waals surface area contributed by atoms with Gasteiger partial charge in [0.05, 0.1) is 0 Å². The van der Waals surface area contributed by atoms with Crippen LogP contribution in [0.5, 0.6) is 0 Å². The van der Waals surface area contributed by atoms with Crippen LogP contribution in [0.25, 0.3) is 0 Å². The molecule has 1 saturated heterocycles. The van der Waals surface area contributed by atoms with Crippen molar-refractivity contribution in [3.63, 3.8) is 0 Å². The van der Waals surface area contributed by atoms with Gasteiger partial charge in [-0.2, -0.15) is 0 Å². The highest BCUT2D eigenvalue weighted by atomic mass is 19.1. The molecule has 1 unspecified atom stereocenters. The van der Waals surface area contributed by atoms with Crippen LogP contribution in [0.15, 0.2) is 24.3 Å². The first-order valence-corrected chi connectivity index (χ1v) is 9.45. The first-order chi connectivity index (χ1) is 13.8. The van der Waals surface area contributed by atoms with Gasteiger partial charge >= 0.3 is 0 Å².